The highest BCUT2D eigenvalue weighted by Crippen LogP contribution is 2.36. The minimum atomic E-state index is 0.209. The second-order valence-electron chi connectivity index (χ2n) is 3.62. The molecule has 82 valence electrons. The standard InChI is InChI=1S/C14H14O2/c1-3-6-12-11-8-5-4-7-10(11)9-13(16-2)14(12)15/h3-5,7-9,15H,1,6H2,2H3. The Hall–Kier alpha value is -1.96. The molecule has 2 heteroatoms. The second-order valence-corrected chi connectivity index (χ2v) is 3.62. The van der Waals surface area contributed by atoms with Crippen LogP contribution >= 0.6 is 0 Å². The molecule has 0 fully saturated rings. The number of phenols is 1. The van der Waals surface area contributed by atoms with Crippen LogP contribution in [-0.4, -0.2) is 12.2 Å². The molecular weight excluding hydrogens is 200 g/mol. The van der Waals surface area contributed by atoms with E-state index in [4.69, 9.17) is 4.74 Å². The molecule has 2 rings (SSSR count). The van der Waals surface area contributed by atoms with Crippen molar-refractivity contribution in [1.29, 1.82) is 0 Å². The number of ether oxygens (including phenoxy) is 1. The molecule has 0 aromatic heterocycles. The molecule has 0 spiro atoms. The fourth-order valence-corrected chi connectivity index (χ4v) is 1.89. The van der Waals surface area contributed by atoms with Gasteiger partial charge in [0.2, 0.25) is 0 Å². The minimum Gasteiger partial charge on any atom is -0.504 e. The normalized spacial score (nSPS) is 10.3. The number of hydrogen-bond acceptors (Lipinski definition) is 2. The maximum atomic E-state index is 10.0. The van der Waals surface area contributed by atoms with E-state index in [1.807, 2.05) is 30.3 Å². The van der Waals surface area contributed by atoms with E-state index in [1.54, 1.807) is 13.2 Å². The summed E-state index contributed by atoms with van der Waals surface area (Å²) in [6.07, 6.45) is 2.41. The van der Waals surface area contributed by atoms with Gasteiger partial charge in [-0.1, -0.05) is 30.3 Å². The van der Waals surface area contributed by atoms with Gasteiger partial charge < -0.3 is 9.84 Å². The average molecular weight is 214 g/mol. The van der Waals surface area contributed by atoms with E-state index >= 15 is 0 Å². The molecule has 0 saturated heterocycles. The van der Waals surface area contributed by atoms with Crippen molar-refractivity contribution in [2.45, 2.75) is 6.42 Å². The summed E-state index contributed by atoms with van der Waals surface area (Å²) in [6.45, 7) is 3.71. The van der Waals surface area contributed by atoms with Crippen molar-refractivity contribution in [2.75, 3.05) is 7.11 Å². The van der Waals surface area contributed by atoms with E-state index in [0.29, 0.717) is 12.2 Å². The quantitative estimate of drug-likeness (QED) is 0.794. The molecule has 0 amide bonds. The summed E-state index contributed by atoms with van der Waals surface area (Å²) in [5, 5.41) is 12.2. The average Bonchev–Trinajstić information content (AvgIpc) is 2.32. The van der Waals surface area contributed by atoms with Crippen LogP contribution in [0.15, 0.2) is 43.0 Å². The molecule has 0 heterocycles. The van der Waals surface area contributed by atoms with Crippen molar-refractivity contribution in [2.24, 2.45) is 0 Å². The lowest BCUT2D eigenvalue weighted by atomic mass is 10.0. The van der Waals surface area contributed by atoms with Crippen molar-refractivity contribution >= 4 is 10.8 Å². The number of phenolic OH excluding ortho intramolecular Hbond substituents is 1. The second kappa shape index (κ2) is 4.27. The molecule has 0 saturated carbocycles. The summed E-state index contributed by atoms with van der Waals surface area (Å²) in [4.78, 5) is 0. The van der Waals surface area contributed by atoms with Crippen LogP contribution in [0.5, 0.6) is 11.5 Å². The molecule has 0 unspecified atom stereocenters. The Labute approximate surface area is 94.8 Å². The summed E-state index contributed by atoms with van der Waals surface area (Å²) >= 11 is 0. The van der Waals surface area contributed by atoms with Crippen LogP contribution in [0.25, 0.3) is 10.8 Å². The van der Waals surface area contributed by atoms with E-state index in [2.05, 4.69) is 6.58 Å². The maximum Gasteiger partial charge on any atom is 0.161 e. The number of benzene rings is 2. The predicted octanol–water partition coefficient (Wildman–Crippen LogP) is 3.28. The summed E-state index contributed by atoms with van der Waals surface area (Å²) in [5.74, 6) is 0.719. The summed E-state index contributed by atoms with van der Waals surface area (Å²) in [7, 11) is 1.56. The molecule has 0 aliphatic rings. The van der Waals surface area contributed by atoms with Crippen LogP contribution in [0, 0.1) is 0 Å². The zero-order valence-electron chi connectivity index (χ0n) is 9.23. The highest BCUT2D eigenvalue weighted by molar-refractivity contribution is 5.90. The number of aromatic hydroxyl groups is 1. The Kier molecular flexibility index (Phi) is 2.82. The molecule has 2 aromatic carbocycles. The summed E-state index contributed by atoms with van der Waals surface area (Å²) in [5.41, 5.74) is 0.866. The van der Waals surface area contributed by atoms with Crippen LogP contribution in [0.1, 0.15) is 5.56 Å². The lowest BCUT2D eigenvalue weighted by Gasteiger charge is -2.11. The van der Waals surface area contributed by atoms with E-state index in [9.17, 15) is 5.11 Å². The van der Waals surface area contributed by atoms with Gasteiger partial charge in [0, 0.05) is 5.56 Å². The summed E-state index contributed by atoms with van der Waals surface area (Å²) < 4.78 is 5.16. The predicted molar refractivity (Wildman–Crippen MR) is 66.1 cm³/mol. The van der Waals surface area contributed by atoms with Crippen molar-refractivity contribution in [3.63, 3.8) is 0 Å². The van der Waals surface area contributed by atoms with E-state index in [0.717, 1.165) is 16.3 Å². The monoisotopic (exact) mass is 214 g/mol. The first kappa shape index (κ1) is 10.6. The van der Waals surface area contributed by atoms with Crippen LogP contribution < -0.4 is 4.74 Å². The van der Waals surface area contributed by atoms with Crippen molar-refractivity contribution in [3.8, 4) is 11.5 Å². The Morgan fingerprint density at radius 3 is 2.81 bits per heavy atom. The smallest absolute Gasteiger partial charge is 0.161 e. The van der Waals surface area contributed by atoms with Gasteiger partial charge in [-0.25, -0.2) is 0 Å². The number of hydrogen-bond donors (Lipinski definition) is 1. The van der Waals surface area contributed by atoms with Crippen LogP contribution in [0.4, 0.5) is 0 Å². The number of allylic oxidation sites excluding steroid dienone is 1. The third-order valence-electron chi connectivity index (χ3n) is 2.66. The molecule has 0 aliphatic heterocycles. The van der Waals surface area contributed by atoms with Crippen molar-refractivity contribution < 1.29 is 9.84 Å². The highest BCUT2D eigenvalue weighted by Gasteiger charge is 2.11. The van der Waals surface area contributed by atoms with Gasteiger partial charge in [-0.3, -0.25) is 0 Å². The first-order valence-corrected chi connectivity index (χ1v) is 5.16. The van der Waals surface area contributed by atoms with Crippen LogP contribution in [-0.2, 0) is 6.42 Å². The first-order chi connectivity index (χ1) is 7.77. The lowest BCUT2D eigenvalue weighted by Crippen LogP contribution is -1.91. The van der Waals surface area contributed by atoms with Gasteiger partial charge in [-0.15, -0.1) is 6.58 Å². The fraction of sp³-hybridized carbons (Fsp3) is 0.143. The lowest BCUT2D eigenvalue weighted by molar-refractivity contribution is 0.372. The van der Waals surface area contributed by atoms with E-state index < -0.39 is 0 Å². The molecule has 0 radical (unpaired) electrons. The Morgan fingerprint density at radius 2 is 2.12 bits per heavy atom. The molecule has 2 nitrogen and oxygen atoms in total. The van der Waals surface area contributed by atoms with Gasteiger partial charge in [-0.05, 0) is 23.3 Å². The molecular formula is C14H14O2. The molecule has 0 bridgehead atoms. The van der Waals surface area contributed by atoms with Gasteiger partial charge in [0.25, 0.3) is 0 Å². The van der Waals surface area contributed by atoms with Gasteiger partial charge in [-0.2, -0.15) is 0 Å². The van der Waals surface area contributed by atoms with Gasteiger partial charge in [0.05, 0.1) is 7.11 Å². The van der Waals surface area contributed by atoms with Crippen molar-refractivity contribution in [1.82, 2.24) is 0 Å². The van der Waals surface area contributed by atoms with E-state index in [1.165, 1.54) is 0 Å². The van der Waals surface area contributed by atoms with Gasteiger partial charge in [0.15, 0.2) is 11.5 Å². The zero-order valence-corrected chi connectivity index (χ0v) is 9.23. The Morgan fingerprint density at radius 1 is 1.38 bits per heavy atom. The molecule has 0 atom stereocenters. The number of methoxy groups -OCH3 is 1. The number of fused-ring (bicyclic) bond motifs is 1. The fourth-order valence-electron chi connectivity index (χ4n) is 1.89. The largest absolute Gasteiger partial charge is 0.504 e. The topological polar surface area (TPSA) is 29.5 Å². The van der Waals surface area contributed by atoms with Crippen LogP contribution in [0.2, 0.25) is 0 Å². The SMILES string of the molecule is C=CCc1c(O)c(OC)cc2ccccc12. The van der Waals surface area contributed by atoms with Crippen molar-refractivity contribution in [3.05, 3.63) is 48.6 Å². The Balaban J connectivity index is 2.79. The Bertz CT molecular complexity index is 529. The third-order valence-corrected chi connectivity index (χ3v) is 2.66. The van der Waals surface area contributed by atoms with Gasteiger partial charge in [0.1, 0.15) is 0 Å². The van der Waals surface area contributed by atoms with Gasteiger partial charge >= 0.3 is 0 Å². The van der Waals surface area contributed by atoms with E-state index in [-0.39, 0.29) is 5.75 Å². The minimum absolute atomic E-state index is 0.209. The number of rotatable bonds is 3. The zero-order chi connectivity index (χ0) is 11.5. The summed E-state index contributed by atoms with van der Waals surface area (Å²) in [6, 6.07) is 9.77. The highest BCUT2D eigenvalue weighted by atomic mass is 16.5. The molecule has 16 heavy (non-hydrogen) atoms. The maximum absolute atomic E-state index is 10.0. The third kappa shape index (κ3) is 1.63. The first-order valence-electron chi connectivity index (χ1n) is 5.16. The molecule has 1 N–H and O–H groups in total. The molecule has 2 aromatic rings. The molecule has 0 aliphatic carbocycles. The van der Waals surface area contributed by atoms with Crippen LogP contribution in [0.3, 0.4) is 0 Å².